The Morgan fingerprint density at radius 1 is 1.27 bits per heavy atom. The first-order chi connectivity index (χ1) is 15.7. The lowest BCUT2D eigenvalue weighted by molar-refractivity contribution is -0.188. The second kappa shape index (κ2) is 8.24. The third-order valence-corrected chi connectivity index (χ3v) is 7.72. The van der Waals surface area contributed by atoms with E-state index in [1.165, 1.54) is 0 Å². The molecule has 0 bridgehead atoms. The zero-order valence-corrected chi connectivity index (χ0v) is 19.0. The van der Waals surface area contributed by atoms with Crippen molar-refractivity contribution in [1.82, 2.24) is 15.2 Å². The molecule has 0 unspecified atom stereocenters. The Morgan fingerprint density at radius 3 is 2.82 bits per heavy atom. The number of hydrogen-bond acceptors (Lipinski definition) is 4. The number of piperidine rings is 1. The molecule has 33 heavy (non-hydrogen) atoms. The predicted octanol–water partition coefficient (Wildman–Crippen LogP) is 4.89. The Kier molecular flexibility index (Phi) is 5.64. The van der Waals surface area contributed by atoms with Crippen LogP contribution in [0.15, 0.2) is 30.3 Å². The number of carbonyl (C=O) groups is 1. The lowest BCUT2D eigenvalue weighted by atomic mass is 9.72. The molecule has 2 aliphatic heterocycles. The van der Waals surface area contributed by atoms with E-state index in [0.717, 1.165) is 37.1 Å². The molecule has 1 aromatic heterocycles. The van der Waals surface area contributed by atoms with Crippen LogP contribution in [0, 0.1) is 11.8 Å². The molecular weight excluding hydrogens is 431 g/mol. The predicted molar refractivity (Wildman–Crippen MR) is 118 cm³/mol. The molecule has 2 aromatic rings. The maximum absolute atomic E-state index is 13.4. The Labute approximate surface area is 191 Å². The monoisotopic (exact) mass is 461 g/mol. The molecule has 1 spiro atoms. The Bertz CT molecular complexity index is 1060. The number of halogens is 3. The van der Waals surface area contributed by atoms with E-state index in [9.17, 15) is 18.0 Å². The van der Waals surface area contributed by atoms with Gasteiger partial charge in [-0.1, -0.05) is 32.0 Å². The second-order valence-corrected chi connectivity index (χ2v) is 10.0. The average Bonchev–Trinajstić information content (AvgIpc) is 3.18. The van der Waals surface area contributed by atoms with Crippen LogP contribution < -0.4 is 5.32 Å². The van der Waals surface area contributed by atoms with Gasteiger partial charge in [0.25, 0.3) is 0 Å². The van der Waals surface area contributed by atoms with E-state index in [-0.39, 0.29) is 23.9 Å². The number of hydrogen-bond donors (Lipinski definition) is 1. The number of nitrogens with zero attached hydrogens (tertiary/aromatic N) is 2. The first-order valence-electron chi connectivity index (χ1n) is 11.8. The standard InChI is InChI=1S/C25H30F3N3O2/c1-15(2)21-14-33-24-10-9-18(12-17(24)7-8-23(32)31(21)24)29-13-16-11-22(25(26,27)28)30-20-6-4-3-5-19(16)20/h3-6,11,15,17-18,21,29H,7-10,12-14H2,1-2H3/t17-,18+,21-,24-/m1/s1. The quantitative estimate of drug-likeness (QED) is 0.705. The highest BCUT2D eigenvalue weighted by Crippen LogP contribution is 2.50. The molecule has 4 atom stereocenters. The number of para-hydroxylation sites is 1. The van der Waals surface area contributed by atoms with Gasteiger partial charge in [-0.2, -0.15) is 13.2 Å². The van der Waals surface area contributed by atoms with E-state index in [1.807, 2.05) is 17.0 Å². The summed E-state index contributed by atoms with van der Waals surface area (Å²) in [5, 5.41) is 4.24. The first kappa shape index (κ1) is 22.6. The van der Waals surface area contributed by atoms with Gasteiger partial charge in [0.2, 0.25) is 5.91 Å². The van der Waals surface area contributed by atoms with Crippen LogP contribution in [-0.4, -0.2) is 40.2 Å². The summed E-state index contributed by atoms with van der Waals surface area (Å²) >= 11 is 0. The Balaban J connectivity index is 1.33. The maximum Gasteiger partial charge on any atom is 0.433 e. The third kappa shape index (κ3) is 3.91. The number of rotatable bonds is 4. The number of carbonyl (C=O) groups excluding carboxylic acids is 1. The van der Waals surface area contributed by atoms with E-state index < -0.39 is 17.6 Å². The van der Waals surface area contributed by atoms with Crippen LogP contribution in [0.25, 0.3) is 10.9 Å². The molecule has 1 amide bonds. The van der Waals surface area contributed by atoms with Gasteiger partial charge in [0, 0.05) is 30.3 Å². The second-order valence-electron chi connectivity index (χ2n) is 10.0. The van der Waals surface area contributed by atoms with E-state index in [1.54, 1.807) is 12.1 Å². The van der Waals surface area contributed by atoms with Gasteiger partial charge >= 0.3 is 6.18 Å². The molecule has 1 saturated carbocycles. The van der Waals surface area contributed by atoms with Crippen molar-refractivity contribution in [3.05, 3.63) is 41.6 Å². The van der Waals surface area contributed by atoms with Crippen LogP contribution >= 0.6 is 0 Å². The van der Waals surface area contributed by atoms with Gasteiger partial charge in [-0.15, -0.1) is 0 Å². The average molecular weight is 462 g/mol. The molecule has 3 aliphatic rings. The van der Waals surface area contributed by atoms with Gasteiger partial charge in [-0.3, -0.25) is 4.79 Å². The Morgan fingerprint density at radius 2 is 2.06 bits per heavy atom. The number of aromatic nitrogens is 1. The lowest BCUT2D eigenvalue weighted by Gasteiger charge is -2.52. The van der Waals surface area contributed by atoms with Crippen molar-refractivity contribution in [3.63, 3.8) is 0 Å². The van der Waals surface area contributed by atoms with E-state index in [4.69, 9.17) is 4.74 Å². The molecule has 5 rings (SSSR count). The van der Waals surface area contributed by atoms with Crippen molar-refractivity contribution in [3.8, 4) is 0 Å². The largest absolute Gasteiger partial charge is 0.433 e. The summed E-state index contributed by atoms with van der Waals surface area (Å²) in [4.78, 5) is 18.7. The molecule has 3 heterocycles. The normalized spacial score (nSPS) is 30.1. The van der Waals surface area contributed by atoms with Crippen molar-refractivity contribution in [2.45, 2.75) is 76.5 Å². The minimum atomic E-state index is -4.49. The number of amides is 1. The molecule has 3 fully saturated rings. The molecule has 2 saturated heterocycles. The number of fused-ring (bicyclic) bond motifs is 1. The van der Waals surface area contributed by atoms with Gasteiger partial charge in [0.15, 0.2) is 0 Å². The number of benzene rings is 1. The summed E-state index contributed by atoms with van der Waals surface area (Å²) in [5.74, 6) is 0.771. The minimum absolute atomic E-state index is 0.119. The molecule has 1 aromatic carbocycles. The highest BCUT2D eigenvalue weighted by molar-refractivity contribution is 5.82. The fraction of sp³-hybridized carbons (Fsp3) is 0.600. The van der Waals surface area contributed by atoms with Gasteiger partial charge in [-0.25, -0.2) is 4.98 Å². The van der Waals surface area contributed by atoms with Crippen LogP contribution in [0.1, 0.15) is 57.2 Å². The topological polar surface area (TPSA) is 54.5 Å². The van der Waals surface area contributed by atoms with E-state index in [0.29, 0.717) is 36.6 Å². The summed E-state index contributed by atoms with van der Waals surface area (Å²) in [6, 6.07) is 8.41. The SMILES string of the molecule is CC(C)[C@H]1CO[C@]23CC[C@H](NCc4cc(C(F)(F)F)nc5ccccc45)C[C@H]2CCC(=O)N13. The molecule has 1 aliphatic carbocycles. The van der Waals surface area contributed by atoms with Crippen LogP contribution in [0.2, 0.25) is 0 Å². The lowest BCUT2D eigenvalue weighted by Crippen LogP contribution is -2.62. The first-order valence-corrected chi connectivity index (χ1v) is 11.8. The molecular formula is C25H30F3N3O2. The number of pyridine rings is 1. The van der Waals surface area contributed by atoms with Gasteiger partial charge in [-0.05, 0) is 49.3 Å². The fourth-order valence-corrected chi connectivity index (χ4v) is 6.02. The van der Waals surface area contributed by atoms with Crippen LogP contribution in [-0.2, 0) is 22.3 Å². The number of ether oxygens (including phenoxy) is 1. The summed E-state index contributed by atoms with van der Waals surface area (Å²) in [6.45, 7) is 5.19. The molecule has 1 N–H and O–H groups in total. The van der Waals surface area contributed by atoms with Crippen LogP contribution in [0.5, 0.6) is 0 Å². The van der Waals surface area contributed by atoms with Crippen molar-refractivity contribution in [2.24, 2.45) is 11.8 Å². The molecule has 0 radical (unpaired) electrons. The highest BCUT2D eigenvalue weighted by Gasteiger charge is 2.59. The Hall–Kier alpha value is -2.19. The van der Waals surface area contributed by atoms with E-state index >= 15 is 0 Å². The van der Waals surface area contributed by atoms with Crippen molar-refractivity contribution in [2.75, 3.05) is 6.61 Å². The van der Waals surface area contributed by atoms with Crippen molar-refractivity contribution in [1.29, 1.82) is 0 Å². The molecule has 8 heteroatoms. The van der Waals surface area contributed by atoms with Crippen molar-refractivity contribution >= 4 is 16.8 Å². The summed E-state index contributed by atoms with van der Waals surface area (Å²) in [7, 11) is 0. The summed E-state index contributed by atoms with van der Waals surface area (Å²) < 4.78 is 46.5. The number of alkyl halides is 3. The van der Waals surface area contributed by atoms with Gasteiger partial charge in [0.05, 0.1) is 18.2 Å². The van der Waals surface area contributed by atoms with E-state index in [2.05, 4.69) is 24.1 Å². The zero-order chi connectivity index (χ0) is 23.4. The molecule has 178 valence electrons. The van der Waals surface area contributed by atoms with Gasteiger partial charge < -0.3 is 15.0 Å². The highest BCUT2D eigenvalue weighted by atomic mass is 19.4. The van der Waals surface area contributed by atoms with Crippen LogP contribution in [0.3, 0.4) is 0 Å². The minimum Gasteiger partial charge on any atom is -0.353 e. The summed E-state index contributed by atoms with van der Waals surface area (Å²) in [6.07, 6.45) is -0.718. The smallest absolute Gasteiger partial charge is 0.353 e. The maximum atomic E-state index is 13.4. The third-order valence-electron chi connectivity index (χ3n) is 7.72. The number of nitrogens with one attached hydrogen (secondary N) is 1. The van der Waals surface area contributed by atoms with Crippen molar-refractivity contribution < 1.29 is 22.7 Å². The fourth-order valence-electron chi connectivity index (χ4n) is 6.02. The zero-order valence-electron chi connectivity index (χ0n) is 19.0. The molecule has 5 nitrogen and oxygen atoms in total. The summed E-state index contributed by atoms with van der Waals surface area (Å²) in [5.41, 5.74) is -0.408. The van der Waals surface area contributed by atoms with Gasteiger partial charge in [0.1, 0.15) is 11.4 Å². The van der Waals surface area contributed by atoms with Crippen LogP contribution in [0.4, 0.5) is 13.2 Å².